The molecule has 146 valence electrons. The van der Waals surface area contributed by atoms with Gasteiger partial charge in [-0.15, -0.1) is 27.0 Å². The Hall–Kier alpha value is -3.23. The molecule has 7 nitrogen and oxygen atoms in total. The molecule has 0 radical (unpaired) electrons. The van der Waals surface area contributed by atoms with Crippen molar-refractivity contribution in [3.8, 4) is 11.5 Å². The van der Waals surface area contributed by atoms with Crippen molar-refractivity contribution in [1.82, 2.24) is 25.0 Å². The molecule has 0 amide bonds. The Kier molecular flexibility index (Phi) is 5.83. The van der Waals surface area contributed by atoms with Crippen molar-refractivity contribution in [3.63, 3.8) is 0 Å². The summed E-state index contributed by atoms with van der Waals surface area (Å²) in [6.45, 7) is 4.28. The van der Waals surface area contributed by atoms with Crippen molar-refractivity contribution in [1.29, 1.82) is 0 Å². The first-order valence-corrected chi connectivity index (χ1v) is 10.0. The first-order valence-electron chi connectivity index (χ1n) is 9.04. The lowest BCUT2D eigenvalue weighted by atomic mass is 10.1. The van der Waals surface area contributed by atoms with Crippen molar-refractivity contribution >= 4 is 11.8 Å². The van der Waals surface area contributed by atoms with Gasteiger partial charge in [0.2, 0.25) is 11.8 Å². The summed E-state index contributed by atoms with van der Waals surface area (Å²) >= 11 is 1.42. The van der Waals surface area contributed by atoms with E-state index in [0.29, 0.717) is 35.1 Å². The standard InChI is InChI=1S/C21H19N5O2S/c1-2-13-26-19(18(27)15-9-5-3-6-10-15)23-25-21(26)29-14-17-22-24-20(28-17)16-11-7-4-8-12-16/h2-12,18,27H,1,13-14H2/t18-/m0/s1. The Morgan fingerprint density at radius 1 is 1.00 bits per heavy atom. The predicted molar refractivity (Wildman–Crippen MR) is 110 cm³/mol. The smallest absolute Gasteiger partial charge is 0.247 e. The molecule has 0 spiro atoms. The molecule has 2 aromatic heterocycles. The highest BCUT2D eigenvalue weighted by atomic mass is 32.2. The highest BCUT2D eigenvalue weighted by molar-refractivity contribution is 7.98. The monoisotopic (exact) mass is 405 g/mol. The van der Waals surface area contributed by atoms with Crippen molar-refractivity contribution in [2.75, 3.05) is 0 Å². The maximum Gasteiger partial charge on any atom is 0.247 e. The summed E-state index contributed by atoms with van der Waals surface area (Å²) in [5, 5.41) is 28.0. The number of aliphatic hydroxyl groups is 1. The van der Waals surface area contributed by atoms with Gasteiger partial charge in [-0.1, -0.05) is 66.4 Å². The fraction of sp³-hybridized carbons (Fsp3) is 0.143. The average Bonchev–Trinajstić information content (AvgIpc) is 3.41. The molecule has 0 unspecified atom stereocenters. The van der Waals surface area contributed by atoms with Crippen LogP contribution in [0.2, 0.25) is 0 Å². The van der Waals surface area contributed by atoms with Gasteiger partial charge >= 0.3 is 0 Å². The molecule has 0 saturated carbocycles. The summed E-state index contributed by atoms with van der Waals surface area (Å²) < 4.78 is 7.58. The third-order valence-electron chi connectivity index (χ3n) is 4.23. The van der Waals surface area contributed by atoms with Gasteiger partial charge in [-0.2, -0.15) is 0 Å². The lowest BCUT2D eigenvalue weighted by Crippen LogP contribution is -2.10. The van der Waals surface area contributed by atoms with Crippen LogP contribution in [0.25, 0.3) is 11.5 Å². The molecule has 0 aliphatic heterocycles. The number of thioether (sulfide) groups is 1. The van der Waals surface area contributed by atoms with E-state index in [1.165, 1.54) is 11.8 Å². The Morgan fingerprint density at radius 2 is 1.72 bits per heavy atom. The molecule has 1 atom stereocenters. The molecular formula is C21H19N5O2S. The molecule has 0 saturated heterocycles. The Labute approximate surface area is 172 Å². The number of aromatic nitrogens is 5. The number of benzene rings is 2. The third kappa shape index (κ3) is 4.28. The fourth-order valence-corrected chi connectivity index (χ4v) is 3.62. The molecule has 4 rings (SSSR count). The third-order valence-corrected chi connectivity index (χ3v) is 5.18. The number of allylic oxidation sites excluding steroid dienone is 1. The van der Waals surface area contributed by atoms with Crippen LogP contribution >= 0.6 is 11.8 Å². The first kappa shape index (κ1) is 19.1. The molecule has 0 aliphatic rings. The van der Waals surface area contributed by atoms with Gasteiger partial charge in [-0.3, -0.25) is 4.57 Å². The number of hydrogen-bond acceptors (Lipinski definition) is 7. The topological polar surface area (TPSA) is 89.9 Å². The van der Waals surface area contributed by atoms with Crippen LogP contribution < -0.4 is 0 Å². The van der Waals surface area contributed by atoms with E-state index in [-0.39, 0.29) is 0 Å². The second-order valence-corrected chi connectivity index (χ2v) is 7.15. The van der Waals surface area contributed by atoms with Crippen molar-refractivity contribution in [2.24, 2.45) is 0 Å². The number of aliphatic hydroxyl groups excluding tert-OH is 1. The quantitative estimate of drug-likeness (QED) is 0.351. The molecule has 2 heterocycles. The van der Waals surface area contributed by atoms with E-state index >= 15 is 0 Å². The molecule has 1 N–H and O–H groups in total. The molecular weight excluding hydrogens is 386 g/mol. The van der Waals surface area contributed by atoms with Gasteiger partial charge in [-0.05, 0) is 17.7 Å². The Morgan fingerprint density at radius 3 is 2.45 bits per heavy atom. The maximum atomic E-state index is 10.7. The van der Waals surface area contributed by atoms with Crippen LogP contribution in [0.3, 0.4) is 0 Å². The van der Waals surface area contributed by atoms with Crippen molar-refractivity contribution in [3.05, 3.63) is 90.6 Å². The van der Waals surface area contributed by atoms with Crippen LogP contribution in [0.4, 0.5) is 0 Å². The van der Waals surface area contributed by atoms with E-state index < -0.39 is 6.10 Å². The van der Waals surface area contributed by atoms with Crippen LogP contribution in [0.5, 0.6) is 0 Å². The SMILES string of the molecule is C=CCn1c(SCc2nnc(-c3ccccc3)o2)nnc1[C@@H](O)c1ccccc1. The van der Waals surface area contributed by atoms with Gasteiger partial charge in [0.1, 0.15) is 6.10 Å². The molecule has 8 heteroatoms. The molecule has 4 aromatic rings. The van der Waals surface area contributed by atoms with E-state index in [1.54, 1.807) is 6.08 Å². The summed E-state index contributed by atoms with van der Waals surface area (Å²) in [7, 11) is 0. The molecule has 2 aromatic carbocycles. The fourth-order valence-electron chi connectivity index (χ4n) is 2.83. The second-order valence-electron chi connectivity index (χ2n) is 6.21. The summed E-state index contributed by atoms with van der Waals surface area (Å²) in [5.74, 6) is 1.88. The van der Waals surface area contributed by atoms with Gasteiger partial charge in [0.15, 0.2) is 11.0 Å². The summed E-state index contributed by atoms with van der Waals surface area (Å²) in [4.78, 5) is 0. The lowest BCUT2D eigenvalue weighted by molar-refractivity contribution is 0.204. The maximum absolute atomic E-state index is 10.7. The Balaban J connectivity index is 1.51. The minimum absolute atomic E-state index is 0.441. The van der Waals surface area contributed by atoms with Gasteiger partial charge in [0, 0.05) is 12.1 Å². The highest BCUT2D eigenvalue weighted by Gasteiger charge is 2.21. The average molecular weight is 405 g/mol. The van der Waals surface area contributed by atoms with Crippen LogP contribution in [0, 0.1) is 0 Å². The minimum atomic E-state index is -0.869. The van der Waals surface area contributed by atoms with Gasteiger partial charge in [0.05, 0.1) is 5.75 Å². The summed E-state index contributed by atoms with van der Waals surface area (Å²) in [5.41, 5.74) is 1.63. The zero-order valence-corrected chi connectivity index (χ0v) is 16.4. The molecule has 0 fully saturated rings. The number of hydrogen-bond donors (Lipinski definition) is 1. The van der Waals surface area contributed by atoms with Gasteiger partial charge in [-0.25, -0.2) is 0 Å². The number of rotatable bonds is 8. The zero-order chi connectivity index (χ0) is 20.1. The summed E-state index contributed by atoms with van der Waals surface area (Å²) in [6.07, 6.45) is 0.876. The number of nitrogens with zero attached hydrogens (tertiary/aromatic N) is 5. The van der Waals surface area contributed by atoms with Crippen molar-refractivity contribution < 1.29 is 9.52 Å². The van der Waals surface area contributed by atoms with E-state index in [4.69, 9.17) is 4.42 Å². The lowest BCUT2D eigenvalue weighted by Gasteiger charge is -2.12. The van der Waals surface area contributed by atoms with Crippen LogP contribution in [-0.2, 0) is 12.3 Å². The van der Waals surface area contributed by atoms with Crippen LogP contribution in [-0.4, -0.2) is 30.1 Å². The largest absolute Gasteiger partial charge is 0.420 e. The van der Waals surface area contributed by atoms with E-state index in [2.05, 4.69) is 27.0 Å². The van der Waals surface area contributed by atoms with Crippen LogP contribution in [0.15, 0.2) is 82.9 Å². The summed E-state index contributed by atoms with van der Waals surface area (Å²) in [6, 6.07) is 19.0. The normalized spacial score (nSPS) is 12.0. The van der Waals surface area contributed by atoms with E-state index in [0.717, 1.165) is 11.1 Å². The molecule has 29 heavy (non-hydrogen) atoms. The van der Waals surface area contributed by atoms with Crippen LogP contribution in [0.1, 0.15) is 23.4 Å². The zero-order valence-electron chi connectivity index (χ0n) is 15.5. The molecule has 0 aliphatic carbocycles. The predicted octanol–water partition coefficient (Wildman–Crippen LogP) is 3.89. The van der Waals surface area contributed by atoms with E-state index in [9.17, 15) is 5.11 Å². The second kappa shape index (κ2) is 8.85. The first-order chi connectivity index (χ1) is 14.3. The Bertz CT molecular complexity index is 1080. The van der Waals surface area contributed by atoms with Gasteiger partial charge in [0.25, 0.3) is 0 Å². The highest BCUT2D eigenvalue weighted by Crippen LogP contribution is 2.27. The molecule has 0 bridgehead atoms. The van der Waals surface area contributed by atoms with Gasteiger partial charge < -0.3 is 9.52 Å². The van der Waals surface area contributed by atoms with Crippen molar-refractivity contribution in [2.45, 2.75) is 23.6 Å². The van der Waals surface area contributed by atoms with E-state index in [1.807, 2.05) is 65.2 Å². The minimum Gasteiger partial charge on any atom is -0.420 e.